The Balaban J connectivity index is 3.35. The first kappa shape index (κ1) is 17.7. The molecule has 0 saturated heterocycles. The van der Waals surface area contributed by atoms with Gasteiger partial charge < -0.3 is 5.11 Å². The van der Waals surface area contributed by atoms with Gasteiger partial charge in [0.2, 0.25) is 15.6 Å². The van der Waals surface area contributed by atoms with Crippen LogP contribution in [0.2, 0.25) is 5.02 Å². The third-order valence-electron chi connectivity index (χ3n) is 2.71. The highest BCUT2D eigenvalue weighted by Crippen LogP contribution is 2.33. The van der Waals surface area contributed by atoms with Gasteiger partial charge in [-0.15, -0.1) is 0 Å². The number of carboxylic acid groups (broad SMARTS) is 1. The van der Waals surface area contributed by atoms with E-state index in [1.807, 2.05) is 0 Å². The summed E-state index contributed by atoms with van der Waals surface area (Å²) in [5.41, 5.74) is -3.07. The number of nitrogens with one attached hydrogen (secondary N) is 1. The Morgan fingerprint density at radius 1 is 1.33 bits per heavy atom. The molecule has 0 spiro atoms. The van der Waals surface area contributed by atoms with Gasteiger partial charge in [-0.1, -0.05) is 17.7 Å². The molecule has 21 heavy (non-hydrogen) atoms. The fraction of sp³-hybridized carbons (Fsp3) is 0.364. The predicted molar refractivity (Wildman–Crippen MR) is 68.6 cm³/mol. The number of carbonyl (C=O) groups is 1. The summed E-state index contributed by atoms with van der Waals surface area (Å²) in [6.07, 6.45) is -5.33. The molecule has 1 aromatic carbocycles. The first-order valence-corrected chi connectivity index (χ1v) is 7.27. The Morgan fingerprint density at radius 3 is 2.24 bits per heavy atom. The largest absolute Gasteiger partial charge is 0.480 e. The Kier molecular flexibility index (Phi) is 4.62. The van der Waals surface area contributed by atoms with Crippen LogP contribution in [0.5, 0.6) is 0 Å². The number of aliphatic carboxylic acids is 1. The van der Waals surface area contributed by atoms with Crippen molar-refractivity contribution in [3.63, 3.8) is 0 Å². The Labute approximate surface area is 123 Å². The molecule has 1 unspecified atom stereocenters. The number of halogens is 4. The van der Waals surface area contributed by atoms with Crippen molar-refractivity contribution in [1.29, 1.82) is 0 Å². The maximum absolute atomic E-state index is 12.8. The van der Waals surface area contributed by atoms with Gasteiger partial charge in [0.1, 0.15) is 4.90 Å². The molecule has 0 aliphatic rings. The van der Waals surface area contributed by atoms with Crippen LogP contribution < -0.4 is 4.72 Å². The molecule has 0 fully saturated rings. The molecule has 0 bridgehead atoms. The molecule has 0 radical (unpaired) electrons. The quantitative estimate of drug-likeness (QED) is 0.877. The summed E-state index contributed by atoms with van der Waals surface area (Å²) in [6, 6.07) is 3.56. The second-order valence-electron chi connectivity index (χ2n) is 4.47. The van der Waals surface area contributed by atoms with Crippen LogP contribution in [0.4, 0.5) is 13.2 Å². The van der Waals surface area contributed by atoms with E-state index in [1.165, 1.54) is 12.1 Å². The van der Waals surface area contributed by atoms with Crippen LogP contribution in [0.3, 0.4) is 0 Å². The van der Waals surface area contributed by atoms with Crippen molar-refractivity contribution in [1.82, 2.24) is 4.72 Å². The molecule has 1 rings (SSSR count). The summed E-state index contributed by atoms with van der Waals surface area (Å²) < 4.78 is 63.6. The zero-order valence-electron chi connectivity index (χ0n) is 10.8. The third-order valence-corrected chi connectivity index (χ3v) is 4.75. The highest BCUT2D eigenvalue weighted by atomic mass is 35.5. The van der Waals surface area contributed by atoms with E-state index in [0.29, 0.717) is 5.56 Å². The zero-order chi connectivity index (χ0) is 16.6. The summed E-state index contributed by atoms with van der Waals surface area (Å²) in [6.45, 7) is 1.82. The fourth-order valence-electron chi connectivity index (χ4n) is 1.37. The van der Waals surface area contributed by atoms with Gasteiger partial charge in [-0.3, -0.25) is 0 Å². The highest BCUT2D eigenvalue weighted by Gasteiger charge is 2.59. The van der Waals surface area contributed by atoms with Crippen LogP contribution in [0.15, 0.2) is 23.1 Å². The molecule has 0 aliphatic heterocycles. The molecule has 0 amide bonds. The van der Waals surface area contributed by atoms with E-state index >= 15 is 0 Å². The van der Waals surface area contributed by atoms with Gasteiger partial charge in [0.25, 0.3) is 0 Å². The number of benzene rings is 1. The molecule has 2 N–H and O–H groups in total. The van der Waals surface area contributed by atoms with E-state index in [4.69, 9.17) is 16.7 Å². The van der Waals surface area contributed by atoms with Gasteiger partial charge in [-0.05, 0) is 31.5 Å². The van der Waals surface area contributed by atoms with E-state index < -0.39 is 32.6 Å². The molecular weight excluding hydrogens is 335 g/mol. The number of hydrogen-bond donors (Lipinski definition) is 2. The van der Waals surface area contributed by atoms with E-state index in [-0.39, 0.29) is 11.9 Å². The van der Waals surface area contributed by atoms with Crippen molar-refractivity contribution in [2.24, 2.45) is 0 Å². The first-order valence-electron chi connectivity index (χ1n) is 5.41. The van der Waals surface area contributed by atoms with Gasteiger partial charge in [0.15, 0.2) is 0 Å². The van der Waals surface area contributed by atoms with E-state index in [0.717, 1.165) is 10.8 Å². The second-order valence-corrected chi connectivity index (χ2v) is 6.53. The highest BCUT2D eigenvalue weighted by molar-refractivity contribution is 7.89. The molecule has 5 nitrogen and oxygen atoms in total. The standard InChI is InChI=1S/C11H11ClF3NO4S/c1-6-3-4-8(7(12)5-6)21(19,20)16-10(2,9(17)18)11(13,14)15/h3-5,16H,1-2H3,(H,17,18). The van der Waals surface area contributed by atoms with Crippen molar-refractivity contribution in [2.75, 3.05) is 0 Å². The zero-order valence-corrected chi connectivity index (χ0v) is 12.4. The normalized spacial score (nSPS) is 15.5. The second kappa shape index (κ2) is 5.47. The van der Waals surface area contributed by atoms with Gasteiger partial charge in [0, 0.05) is 0 Å². The van der Waals surface area contributed by atoms with E-state index in [2.05, 4.69) is 0 Å². The third kappa shape index (κ3) is 3.47. The lowest BCUT2D eigenvalue weighted by molar-refractivity contribution is -0.201. The molecule has 0 aliphatic carbocycles. The molecule has 1 atom stereocenters. The first-order chi connectivity index (χ1) is 9.31. The smallest absolute Gasteiger partial charge is 0.418 e. The minimum atomic E-state index is -5.33. The summed E-state index contributed by atoms with van der Waals surface area (Å²) >= 11 is 5.69. The molecule has 118 valence electrons. The van der Waals surface area contributed by atoms with Crippen LogP contribution in [-0.2, 0) is 14.8 Å². The van der Waals surface area contributed by atoms with Crippen molar-refractivity contribution in [3.05, 3.63) is 28.8 Å². The van der Waals surface area contributed by atoms with Gasteiger partial charge in [-0.2, -0.15) is 17.9 Å². The van der Waals surface area contributed by atoms with Gasteiger partial charge in [-0.25, -0.2) is 13.2 Å². The van der Waals surface area contributed by atoms with Crippen molar-refractivity contribution in [3.8, 4) is 0 Å². The van der Waals surface area contributed by atoms with Crippen LogP contribution in [0, 0.1) is 6.92 Å². The lowest BCUT2D eigenvalue weighted by Gasteiger charge is -2.28. The SMILES string of the molecule is Cc1ccc(S(=O)(=O)NC(C)(C(=O)O)C(F)(F)F)c(Cl)c1. The van der Waals surface area contributed by atoms with E-state index in [1.54, 1.807) is 6.92 Å². The summed E-state index contributed by atoms with van der Waals surface area (Å²) in [7, 11) is -4.78. The Bertz CT molecular complexity index is 675. The fourth-order valence-corrected chi connectivity index (χ4v) is 3.32. The van der Waals surface area contributed by atoms with Crippen LogP contribution in [-0.4, -0.2) is 31.2 Å². The molecule has 0 saturated carbocycles. The van der Waals surface area contributed by atoms with Crippen molar-refractivity contribution < 1.29 is 31.5 Å². The summed E-state index contributed by atoms with van der Waals surface area (Å²) in [5.74, 6) is -2.37. The lowest BCUT2D eigenvalue weighted by Crippen LogP contribution is -2.61. The van der Waals surface area contributed by atoms with Crippen LogP contribution in [0.25, 0.3) is 0 Å². The molecule has 1 aromatic rings. The summed E-state index contributed by atoms with van der Waals surface area (Å²) in [5, 5.41) is 8.40. The monoisotopic (exact) mass is 345 g/mol. The number of sulfonamides is 1. The van der Waals surface area contributed by atoms with Crippen LogP contribution in [0.1, 0.15) is 12.5 Å². The number of aryl methyl sites for hydroxylation is 1. The maximum atomic E-state index is 12.8. The van der Waals surface area contributed by atoms with Crippen molar-refractivity contribution in [2.45, 2.75) is 30.5 Å². The molecule has 0 heterocycles. The Hall–Kier alpha value is -1.32. The average Bonchev–Trinajstić information content (AvgIpc) is 2.25. The Morgan fingerprint density at radius 2 is 1.86 bits per heavy atom. The van der Waals surface area contributed by atoms with E-state index in [9.17, 15) is 26.4 Å². The predicted octanol–water partition coefficient (Wildman–Crippen LogP) is 2.33. The lowest BCUT2D eigenvalue weighted by atomic mass is 10.0. The maximum Gasteiger partial charge on any atom is 0.418 e. The number of hydrogen-bond acceptors (Lipinski definition) is 3. The van der Waals surface area contributed by atoms with Gasteiger partial charge in [0.05, 0.1) is 5.02 Å². The van der Waals surface area contributed by atoms with Crippen LogP contribution >= 0.6 is 11.6 Å². The average molecular weight is 346 g/mol. The van der Waals surface area contributed by atoms with Gasteiger partial charge >= 0.3 is 12.1 Å². The topological polar surface area (TPSA) is 83.5 Å². The molecule has 0 aromatic heterocycles. The minimum Gasteiger partial charge on any atom is -0.480 e. The number of carboxylic acids is 1. The number of alkyl halides is 3. The number of rotatable bonds is 4. The molecule has 10 heteroatoms. The van der Waals surface area contributed by atoms with Crippen molar-refractivity contribution >= 4 is 27.6 Å². The summed E-state index contributed by atoms with van der Waals surface area (Å²) in [4.78, 5) is 10.2. The molecular formula is C11H11ClF3NO4S. The minimum absolute atomic E-state index is 0.217.